The zero-order valence-electron chi connectivity index (χ0n) is 10.9. The van der Waals surface area contributed by atoms with Crippen LogP contribution in [0.3, 0.4) is 0 Å². The number of aryl methyl sites for hydroxylation is 1. The van der Waals surface area contributed by atoms with Gasteiger partial charge in [0, 0.05) is 12.1 Å². The Labute approximate surface area is 108 Å². The van der Waals surface area contributed by atoms with Crippen LogP contribution in [0.2, 0.25) is 0 Å². The molecule has 3 nitrogen and oxygen atoms in total. The molecule has 2 aromatic rings. The summed E-state index contributed by atoms with van der Waals surface area (Å²) in [6, 6.07) is 10.0. The third-order valence-electron chi connectivity index (χ3n) is 2.66. The lowest BCUT2D eigenvalue weighted by atomic mass is 10.2. The maximum atomic E-state index is 5.68. The van der Waals surface area contributed by atoms with Gasteiger partial charge >= 0.3 is 0 Å². The van der Waals surface area contributed by atoms with Crippen LogP contribution in [0.15, 0.2) is 41.0 Å². The molecule has 0 amide bonds. The van der Waals surface area contributed by atoms with Crippen molar-refractivity contribution in [1.82, 2.24) is 5.32 Å². The van der Waals surface area contributed by atoms with Crippen LogP contribution in [0.25, 0.3) is 0 Å². The third-order valence-corrected chi connectivity index (χ3v) is 2.66. The molecule has 2 rings (SSSR count). The zero-order chi connectivity index (χ0) is 12.8. The highest BCUT2D eigenvalue weighted by Gasteiger charge is 2.02. The van der Waals surface area contributed by atoms with Crippen LogP contribution in [-0.2, 0) is 13.2 Å². The van der Waals surface area contributed by atoms with Crippen molar-refractivity contribution in [2.45, 2.75) is 27.0 Å². The summed E-state index contributed by atoms with van der Waals surface area (Å²) < 4.78 is 11.1. The molecule has 0 aliphatic rings. The summed E-state index contributed by atoms with van der Waals surface area (Å²) in [6.45, 7) is 6.40. The molecule has 0 bridgehead atoms. The van der Waals surface area contributed by atoms with E-state index in [2.05, 4.69) is 12.2 Å². The molecule has 3 heteroatoms. The maximum Gasteiger partial charge on any atom is 0.146 e. The Kier molecular flexibility index (Phi) is 4.42. The zero-order valence-corrected chi connectivity index (χ0v) is 10.9. The Morgan fingerprint density at radius 2 is 2.17 bits per heavy atom. The van der Waals surface area contributed by atoms with Gasteiger partial charge in [-0.3, -0.25) is 0 Å². The lowest BCUT2D eigenvalue weighted by Crippen LogP contribution is -2.10. The summed E-state index contributed by atoms with van der Waals surface area (Å²) in [7, 11) is 0. The summed E-state index contributed by atoms with van der Waals surface area (Å²) >= 11 is 0. The summed E-state index contributed by atoms with van der Waals surface area (Å²) in [5.74, 6) is 1.73. The number of nitrogens with one attached hydrogen (secondary N) is 1. The molecule has 0 unspecified atom stereocenters. The van der Waals surface area contributed by atoms with Crippen molar-refractivity contribution in [2.24, 2.45) is 0 Å². The molecular formula is C15H19NO2. The molecule has 0 atom stereocenters. The first-order chi connectivity index (χ1) is 8.78. The second-order valence-corrected chi connectivity index (χ2v) is 4.31. The molecule has 0 spiro atoms. The van der Waals surface area contributed by atoms with E-state index >= 15 is 0 Å². The minimum atomic E-state index is 0.468. The highest BCUT2D eigenvalue weighted by molar-refractivity contribution is 5.27. The van der Waals surface area contributed by atoms with Crippen molar-refractivity contribution in [3.8, 4) is 5.75 Å². The van der Waals surface area contributed by atoms with Crippen LogP contribution < -0.4 is 10.1 Å². The van der Waals surface area contributed by atoms with Gasteiger partial charge in [0.2, 0.25) is 0 Å². The molecule has 0 aliphatic heterocycles. The fourth-order valence-electron chi connectivity index (χ4n) is 1.72. The fraction of sp³-hybridized carbons (Fsp3) is 0.333. The minimum Gasteiger partial charge on any atom is -0.486 e. The van der Waals surface area contributed by atoms with Crippen LogP contribution >= 0.6 is 0 Å². The van der Waals surface area contributed by atoms with E-state index in [1.165, 1.54) is 5.56 Å². The molecule has 96 valence electrons. The van der Waals surface area contributed by atoms with Crippen molar-refractivity contribution >= 4 is 0 Å². The van der Waals surface area contributed by atoms with Gasteiger partial charge in [0.05, 0.1) is 6.26 Å². The van der Waals surface area contributed by atoms with Crippen molar-refractivity contribution in [3.05, 3.63) is 53.5 Å². The molecule has 0 fully saturated rings. The van der Waals surface area contributed by atoms with E-state index in [-0.39, 0.29) is 0 Å². The van der Waals surface area contributed by atoms with E-state index in [0.717, 1.165) is 30.2 Å². The monoisotopic (exact) mass is 245 g/mol. The molecular weight excluding hydrogens is 226 g/mol. The van der Waals surface area contributed by atoms with Crippen molar-refractivity contribution < 1.29 is 9.15 Å². The van der Waals surface area contributed by atoms with Gasteiger partial charge in [-0.2, -0.15) is 0 Å². The molecule has 1 heterocycles. The van der Waals surface area contributed by atoms with Crippen LogP contribution in [-0.4, -0.2) is 6.54 Å². The van der Waals surface area contributed by atoms with E-state index in [1.807, 2.05) is 37.3 Å². The molecule has 0 radical (unpaired) electrons. The van der Waals surface area contributed by atoms with Gasteiger partial charge in [0.15, 0.2) is 0 Å². The summed E-state index contributed by atoms with van der Waals surface area (Å²) in [6.07, 6.45) is 1.78. The Hall–Kier alpha value is -1.74. The molecule has 0 aliphatic carbocycles. The predicted molar refractivity (Wildman–Crippen MR) is 71.6 cm³/mol. The number of benzene rings is 1. The molecule has 1 aromatic heterocycles. The third kappa shape index (κ3) is 3.64. The Balaban J connectivity index is 1.88. The SMILES string of the molecule is CCNCc1coc(COc2cccc(C)c2)c1. The predicted octanol–water partition coefficient (Wildman–Crippen LogP) is 3.28. The first-order valence-corrected chi connectivity index (χ1v) is 6.24. The Bertz CT molecular complexity index is 491. The van der Waals surface area contributed by atoms with Crippen molar-refractivity contribution in [1.29, 1.82) is 0 Å². The minimum absolute atomic E-state index is 0.468. The first kappa shape index (κ1) is 12.7. The van der Waals surface area contributed by atoms with Crippen LogP contribution in [0.5, 0.6) is 5.75 Å². The van der Waals surface area contributed by atoms with Crippen LogP contribution in [0, 0.1) is 6.92 Å². The normalized spacial score (nSPS) is 10.6. The van der Waals surface area contributed by atoms with E-state index in [1.54, 1.807) is 6.26 Å². The van der Waals surface area contributed by atoms with Crippen molar-refractivity contribution in [2.75, 3.05) is 6.54 Å². The first-order valence-electron chi connectivity index (χ1n) is 6.24. The molecule has 1 N–H and O–H groups in total. The fourth-order valence-corrected chi connectivity index (χ4v) is 1.72. The maximum absolute atomic E-state index is 5.68. The van der Waals surface area contributed by atoms with E-state index in [4.69, 9.17) is 9.15 Å². The summed E-state index contributed by atoms with van der Waals surface area (Å²) in [5.41, 5.74) is 2.35. The van der Waals surface area contributed by atoms with E-state index < -0.39 is 0 Å². The van der Waals surface area contributed by atoms with Crippen LogP contribution in [0.1, 0.15) is 23.8 Å². The average molecular weight is 245 g/mol. The average Bonchev–Trinajstić information content (AvgIpc) is 2.82. The van der Waals surface area contributed by atoms with Gasteiger partial charge in [0.1, 0.15) is 18.1 Å². The highest BCUT2D eigenvalue weighted by atomic mass is 16.5. The van der Waals surface area contributed by atoms with E-state index in [9.17, 15) is 0 Å². The van der Waals surface area contributed by atoms with Gasteiger partial charge < -0.3 is 14.5 Å². The number of hydrogen-bond acceptors (Lipinski definition) is 3. The van der Waals surface area contributed by atoms with Gasteiger partial charge in [-0.05, 0) is 37.2 Å². The number of rotatable bonds is 6. The Morgan fingerprint density at radius 1 is 1.28 bits per heavy atom. The Morgan fingerprint density at radius 3 is 2.94 bits per heavy atom. The number of furan rings is 1. The smallest absolute Gasteiger partial charge is 0.146 e. The summed E-state index contributed by atoms with van der Waals surface area (Å²) in [4.78, 5) is 0. The van der Waals surface area contributed by atoms with Gasteiger partial charge in [-0.15, -0.1) is 0 Å². The largest absolute Gasteiger partial charge is 0.486 e. The molecule has 18 heavy (non-hydrogen) atoms. The second kappa shape index (κ2) is 6.26. The van der Waals surface area contributed by atoms with Gasteiger partial charge in [-0.25, -0.2) is 0 Å². The van der Waals surface area contributed by atoms with Gasteiger partial charge in [0.25, 0.3) is 0 Å². The molecule has 1 aromatic carbocycles. The quantitative estimate of drug-likeness (QED) is 0.848. The molecule has 0 saturated heterocycles. The van der Waals surface area contributed by atoms with Crippen molar-refractivity contribution in [3.63, 3.8) is 0 Å². The standard InChI is InChI=1S/C15H19NO2/c1-3-16-9-13-8-15(17-10-13)11-18-14-6-4-5-12(2)7-14/h4-8,10,16H,3,9,11H2,1-2H3. The lowest BCUT2D eigenvalue weighted by molar-refractivity contribution is 0.270. The number of ether oxygens (including phenoxy) is 1. The van der Waals surface area contributed by atoms with Crippen LogP contribution in [0.4, 0.5) is 0 Å². The molecule has 0 saturated carbocycles. The number of hydrogen-bond donors (Lipinski definition) is 1. The van der Waals surface area contributed by atoms with E-state index in [0.29, 0.717) is 6.61 Å². The summed E-state index contributed by atoms with van der Waals surface area (Å²) in [5, 5.41) is 3.26. The lowest BCUT2D eigenvalue weighted by Gasteiger charge is -2.04. The highest BCUT2D eigenvalue weighted by Crippen LogP contribution is 2.15. The van der Waals surface area contributed by atoms with Gasteiger partial charge in [-0.1, -0.05) is 19.1 Å². The topological polar surface area (TPSA) is 34.4 Å². The second-order valence-electron chi connectivity index (χ2n) is 4.31.